The van der Waals surface area contributed by atoms with Gasteiger partial charge in [-0.15, -0.1) is 5.60 Å². The number of alkyl halides is 10. The minimum absolute atomic E-state index is 0. The summed E-state index contributed by atoms with van der Waals surface area (Å²) in [7, 11) is 0. The number of rotatable bonds is 10. The summed E-state index contributed by atoms with van der Waals surface area (Å²) in [6.45, 7) is 15.7. The van der Waals surface area contributed by atoms with Crippen molar-refractivity contribution < 1.29 is 168 Å². The predicted molar refractivity (Wildman–Crippen MR) is 301 cm³/mol. The monoisotopic (exact) mass is 1550 g/mol. The predicted octanol–water partition coefficient (Wildman–Crippen LogP) is 8.37. The average molecular weight is 1550 g/mol. The molecule has 4 radical (unpaired) electrons. The number of hydrogen-bond donors (Lipinski definition) is 1. The molecule has 0 fully saturated rings. The second kappa shape index (κ2) is 47.7. The molecule has 5 rings (SSSR count). The molecule has 0 spiro atoms. The zero-order valence-corrected chi connectivity index (χ0v) is 57.1. The number of aryl methyl sites for hydroxylation is 5. The summed E-state index contributed by atoms with van der Waals surface area (Å²) in [6.07, 6.45) is 7.55. The third-order valence-corrected chi connectivity index (χ3v) is 9.64. The van der Waals surface area contributed by atoms with Crippen molar-refractivity contribution in [2.24, 2.45) is 0 Å². The minimum atomic E-state index is -3.68. The van der Waals surface area contributed by atoms with E-state index in [0.717, 1.165) is 32.9 Å². The Kier molecular flexibility index (Phi) is 57.3. The summed E-state index contributed by atoms with van der Waals surface area (Å²) in [5.41, 5.74) is 3.19. The first-order chi connectivity index (χ1) is 33.1. The molecule has 0 unspecified atom stereocenters. The number of aromatic nitrogens is 5. The third-order valence-electron chi connectivity index (χ3n) is 7.34. The van der Waals surface area contributed by atoms with Gasteiger partial charge < -0.3 is 21.1 Å². The van der Waals surface area contributed by atoms with Crippen LogP contribution in [0.25, 0.3) is 5.83 Å². The van der Waals surface area contributed by atoms with E-state index < -0.39 is 58.1 Å². The Balaban J connectivity index is -0.000000104. The Bertz CT molecular complexity index is 2290. The molecule has 0 amide bonds. The number of esters is 2. The summed E-state index contributed by atoms with van der Waals surface area (Å²) in [4.78, 5) is 36.0. The van der Waals surface area contributed by atoms with Crippen LogP contribution >= 0.6 is 77.0 Å². The maximum absolute atomic E-state index is 13.3. The molecule has 0 atom stereocenters. The molecule has 28 heteroatoms. The summed E-state index contributed by atoms with van der Waals surface area (Å²) in [5.74, 6) is -13.1. The van der Waals surface area contributed by atoms with Gasteiger partial charge in [-0.2, -0.15) is 35.1 Å². The number of aliphatic hydroxyl groups is 1. The van der Waals surface area contributed by atoms with E-state index in [1.165, 1.54) is 66.3 Å². The van der Waals surface area contributed by atoms with E-state index in [1.54, 1.807) is 75.5 Å². The van der Waals surface area contributed by atoms with Crippen LogP contribution in [0.15, 0.2) is 100 Å². The first-order valence-corrected chi connectivity index (χ1v) is 25.2. The van der Waals surface area contributed by atoms with E-state index in [9.17, 15) is 54.2 Å². The van der Waals surface area contributed by atoms with Crippen LogP contribution in [0.2, 0.25) is 0 Å². The third kappa shape index (κ3) is 44.0. The average Bonchev–Trinajstić information content (AvgIpc) is 3.31. The van der Waals surface area contributed by atoms with Gasteiger partial charge in [0.05, 0.1) is 23.3 Å². The van der Waals surface area contributed by atoms with Crippen molar-refractivity contribution in [3.8, 4) is 0 Å². The van der Waals surface area contributed by atoms with Gasteiger partial charge in [0.25, 0.3) is 5.92 Å². The summed E-state index contributed by atoms with van der Waals surface area (Å²) in [5, 5.41) is 18.4. The van der Waals surface area contributed by atoms with Gasteiger partial charge in [0, 0.05) is 76.5 Å². The van der Waals surface area contributed by atoms with Crippen LogP contribution < -0.4 is 86.0 Å². The maximum atomic E-state index is 13.3. The molecule has 78 heavy (non-hydrogen) atoms. The van der Waals surface area contributed by atoms with Gasteiger partial charge in [0.1, 0.15) is 28.3 Å². The van der Waals surface area contributed by atoms with Crippen molar-refractivity contribution in [3.05, 3.63) is 151 Å². The first kappa shape index (κ1) is 93.8. The molecular weight excluding hydrogens is 1490 g/mol. The summed E-state index contributed by atoms with van der Waals surface area (Å²) >= 11 is 8.57. The van der Waals surface area contributed by atoms with Crippen LogP contribution in [0.5, 0.6) is 0 Å². The number of pyridine rings is 5. The number of hydrogen-bond acceptors (Lipinski definition) is 11. The second-order valence-corrected chi connectivity index (χ2v) is 18.5. The molecule has 432 valence electrons. The molecule has 0 aliphatic carbocycles. The number of carbonyl (C=O) groups excluding carboxylic acids is 2. The molecule has 0 saturated carbocycles. The Morgan fingerprint density at radius 1 is 0.654 bits per heavy atom. The van der Waals surface area contributed by atoms with Crippen molar-refractivity contribution in [2.75, 3.05) is 24.2 Å². The second-order valence-electron chi connectivity index (χ2n) is 15.3. The van der Waals surface area contributed by atoms with E-state index in [0.29, 0.717) is 5.69 Å². The van der Waals surface area contributed by atoms with E-state index in [2.05, 4.69) is 50.3 Å². The van der Waals surface area contributed by atoms with Gasteiger partial charge in [-0.3, -0.25) is 19.9 Å². The minimum Gasteiger partial charge on any atom is -1.00 e. The first-order valence-electron chi connectivity index (χ1n) is 20.8. The normalized spacial score (nSPS) is 10.4. The molecule has 11 nitrogen and oxygen atoms in total. The summed E-state index contributed by atoms with van der Waals surface area (Å²) in [6, 6.07) is 15.8. The van der Waals surface area contributed by atoms with Crippen LogP contribution in [-0.4, -0.2) is 85.1 Å². The molecule has 0 saturated heterocycles. The van der Waals surface area contributed by atoms with Crippen LogP contribution in [0, 0.1) is 34.6 Å². The number of nitrogens with zero attached hydrogens (tertiary/aromatic N) is 5. The fraction of sp³-hybridized carbons (Fsp3) is 0.420. The van der Waals surface area contributed by atoms with Crippen molar-refractivity contribution in [3.63, 3.8) is 0 Å². The molecule has 0 bridgehead atoms. The molecule has 0 aliphatic rings. The van der Waals surface area contributed by atoms with E-state index in [4.69, 9.17) is 5.11 Å². The fourth-order valence-corrected chi connectivity index (χ4v) is 4.88. The van der Waals surface area contributed by atoms with Crippen LogP contribution in [0.1, 0.15) is 101 Å². The number of halogens is 13. The fourth-order valence-electron chi connectivity index (χ4n) is 3.83. The largest absolute Gasteiger partial charge is 1.00 e. The molecular formula is C50H64BBr2CuF9I2KN5NaO6. The van der Waals surface area contributed by atoms with Gasteiger partial charge in [-0.25, -0.2) is 19.0 Å². The molecule has 5 aromatic rings. The van der Waals surface area contributed by atoms with Gasteiger partial charge in [0.2, 0.25) is 0 Å². The summed E-state index contributed by atoms with van der Waals surface area (Å²) < 4.78 is 125. The Labute approximate surface area is 576 Å². The Hall–Kier alpha value is -0.639. The number of ether oxygens (including phenoxy) is 2. The quantitative estimate of drug-likeness (QED) is 0.0358. The molecule has 1 N–H and O–H groups in total. The molecule has 5 aromatic heterocycles. The van der Waals surface area contributed by atoms with E-state index >= 15 is 0 Å². The van der Waals surface area contributed by atoms with Crippen molar-refractivity contribution in [1.29, 1.82) is 0 Å². The zero-order valence-electron chi connectivity index (χ0n) is 44.6. The van der Waals surface area contributed by atoms with Crippen molar-refractivity contribution in [1.82, 2.24) is 24.9 Å². The van der Waals surface area contributed by atoms with Crippen LogP contribution in [0.3, 0.4) is 0 Å². The number of carbonyl (C=O) groups is 2. The van der Waals surface area contributed by atoms with E-state index in [-0.39, 0.29) is 152 Å². The Morgan fingerprint density at radius 2 is 0.974 bits per heavy atom. The smallest absolute Gasteiger partial charge is 1.00 e. The van der Waals surface area contributed by atoms with Gasteiger partial charge in [-0.05, 0) is 145 Å². The number of aliphatic hydroxyl groups excluding tert-OH is 1. The van der Waals surface area contributed by atoms with Gasteiger partial charge in [0.15, 0.2) is 5.83 Å². The SMILES string of the molecule is C.C.CC(C)(C)[O-].CCOC(=O)C(F)(F)Br.CCOC(=O)C(F)(F)c1ccc(C)cn1.Cc1ccc(/C(F)=C/I)nc1.Cc1ccc(Br)nc1.Cc1ccc(C(F)(F)CI)nc1.Cc1ccc(C(F)(F)CO)nc1.[B].[Cu].[H-].[K+].[Na+]. The Morgan fingerprint density at radius 3 is 1.22 bits per heavy atom. The van der Waals surface area contributed by atoms with Crippen molar-refractivity contribution >= 4 is 103 Å². The standard InChI is InChI=1S/C10H11F2NO2.C8H8F2IN.C8H9F2NO.C8H7FIN.C6H6BrN.C4H5BrF2O2.C4H9O.2CH4.B.Cu.K.Na.H/c1-3-15-9(14)10(11,12)8-5-4-7(2)6-13-8;1-6-2-3-7(12-4-6)8(9,10)5-11;1-6-2-3-7(11-4-6)8(9,10)5-12;1-6-2-3-8(11-5-6)7(9)4-10;1-5-2-3-6(7)8-4-5;1-2-9-3(8)4(5,6)7;1-4(2,3)5;;;;;;;/h4-6H,3H2,1-2H3;2-4H,5H2,1H3;2-4,12H,5H2,1H3;2-5H,1H3;2-4H,1H3;2H2,1H3;1-3H3;2*1H4;;;;;/q;;;;;;-1;;;;;2*+1;-1/b;;;7-4-;;;;;;;;;;. The van der Waals surface area contributed by atoms with Gasteiger partial charge >= 0.3 is 110 Å². The van der Waals surface area contributed by atoms with Crippen LogP contribution in [0.4, 0.5) is 39.5 Å². The van der Waals surface area contributed by atoms with Gasteiger partial charge in [-0.1, -0.05) is 88.5 Å². The molecule has 5 heterocycles. The van der Waals surface area contributed by atoms with Crippen LogP contribution in [-0.2, 0) is 53.9 Å². The van der Waals surface area contributed by atoms with E-state index in [1.807, 2.05) is 83.7 Å². The molecule has 0 aromatic carbocycles. The zero-order chi connectivity index (χ0) is 56.1. The van der Waals surface area contributed by atoms with Crippen molar-refractivity contribution in [2.45, 2.75) is 112 Å². The topological polar surface area (TPSA) is 160 Å². The maximum Gasteiger partial charge on any atom is 1.00 e. The molecule has 0 aliphatic heterocycles.